The Labute approximate surface area is 138 Å². The molecule has 7 heteroatoms. The molecule has 2 aromatic rings. The molecule has 0 bridgehead atoms. The van der Waals surface area contributed by atoms with E-state index < -0.39 is 12.1 Å². The Bertz CT molecular complexity index is 632. The van der Waals surface area contributed by atoms with Crippen LogP contribution in [0.4, 0.5) is 10.5 Å². The largest absolute Gasteiger partial charge is 0.508 e. The number of anilines is 1. The number of amides is 2. The zero-order valence-electron chi connectivity index (χ0n) is 12.2. The second-order valence-corrected chi connectivity index (χ2v) is 5.24. The third-order valence-corrected chi connectivity index (χ3v) is 3.13. The number of ether oxygens (including phenoxy) is 1. The summed E-state index contributed by atoms with van der Waals surface area (Å²) < 4.78 is 5.34. The Morgan fingerprint density at radius 3 is 2.43 bits per heavy atom. The fourth-order valence-corrected chi connectivity index (χ4v) is 1.84. The Hall–Kier alpha value is -2.44. The van der Waals surface area contributed by atoms with E-state index in [2.05, 4.69) is 10.6 Å². The molecule has 0 radical (unpaired) electrons. The summed E-state index contributed by atoms with van der Waals surface area (Å²) in [7, 11) is 0. The average molecular weight is 337 g/mol. The van der Waals surface area contributed by atoms with Crippen LogP contribution in [0.25, 0.3) is 0 Å². The van der Waals surface area contributed by atoms with Gasteiger partial charge in [-0.1, -0.05) is 11.6 Å². The van der Waals surface area contributed by atoms with Gasteiger partial charge in [0.15, 0.2) is 0 Å². The molecule has 2 rings (SSSR count). The summed E-state index contributed by atoms with van der Waals surface area (Å²) in [5.41, 5.74) is 0.599. The van der Waals surface area contributed by atoms with Gasteiger partial charge in [0.25, 0.3) is 0 Å². The molecule has 0 saturated carbocycles. The highest BCUT2D eigenvalue weighted by Crippen LogP contribution is 2.16. The van der Waals surface area contributed by atoms with E-state index in [0.717, 1.165) is 0 Å². The van der Waals surface area contributed by atoms with Gasteiger partial charge in [-0.15, -0.1) is 0 Å². The van der Waals surface area contributed by atoms with Crippen molar-refractivity contribution in [1.29, 1.82) is 0 Å². The number of phenolic OH excluding ortho intramolecular Hbond substituents is 1. The van der Waals surface area contributed by atoms with Crippen molar-refractivity contribution in [1.82, 2.24) is 5.32 Å². The van der Waals surface area contributed by atoms with E-state index in [1.54, 1.807) is 36.4 Å². The number of hydrogen-bond donors (Lipinski definition) is 4. The van der Waals surface area contributed by atoms with Crippen LogP contribution >= 0.6 is 11.6 Å². The van der Waals surface area contributed by atoms with Crippen molar-refractivity contribution >= 4 is 23.3 Å². The van der Waals surface area contributed by atoms with Gasteiger partial charge >= 0.3 is 6.03 Å². The SMILES string of the molecule is O=C(NC[C@H](O)COc1ccc(O)cc1)Nc1ccc(Cl)cc1. The van der Waals surface area contributed by atoms with Gasteiger partial charge in [-0.05, 0) is 48.5 Å². The normalized spacial score (nSPS) is 11.6. The van der Waals surface area contributed by atoms with Crippen LogP contribution in [0.15, 0.2) is 48.5 Å². The van der Waals surface area contributed by atoms with Crippen molar-refractivity contribution in [3.63, 3.8) is 0 Å². The van der Waals surface area contributed by atoms with Crippen molar-refractivity contribution in [3.8, 4) is 11.5 Å². The highest BCUT2D eigenvalue weighted by Gasteiger charge is 2.08. The minimum Gasteiger partial charge on any atom is -0.508 e. The first-order valence-corrected chi connectivity index (χ1v) is 7.31. The van der Waals surface area contributed by atoms with Crippen LogP contribution in [0.3, 0.4) is 0 Å². The number of aromatic hydroxyl groups is 1. The number of phenols is 1. The topological polar surface area (TPSA) is 90.8 Å². The molecule has 0 saturated heterocycles. The molecule has 0 aromatic heterocycles. The first-order valence-electron chi connectivity index (χ1n) is 6.93. The molecule has 0 heterocycles. The fraction of sp³-hybridized carbons (Fsp3) is 0.188. The molecule has 1 atom stereocenters. The van der Waals surface area contributed by atoms with Gasteiger partial charge in [0, 0.05) is 17.3 Å². The average Bonchev–Trinajstić information content (AvgIpc) is 2.54. The van der Waals surface area contributed by atoms with Crippen LogP contribution in [0.2, 0.25) is 5.02 Å². The van der Waals surface area contributed by atoms with Gasteiger partial charge in [-0.2, -0.15) is 0 Å². The first-order chi connectivity index (χ1) is 11.0. The molecule has 0 aliphatic carbocycles. The Morgan fingerprint density at radius 1 is 1.13 bits per heavy atom. The van der Waals surface area contributed by atoms with Crippen molar-refractivity contribution < 1.29 is 19.7 Å². The van der Waals surface area contributed by atoms with E-state index in [1.165, 1.54) is 12.1 Å². The van der Waals surface area contributed by atoms with E-state index in [-0.39, 0.29) is 18.9 Å². The quantitative estimate of drug-likeness (QED) is 0.652. The van der Waals surface area contributed by atoms with E-state index in [1.807, 2.05) is 0 Å². The maximum Gasteiger partial charge on any atom is 0.319 e. The highest BCUT2D eigenvalue weighted by molar-refractivity contribution is 6.30. The first kappa shape index (κ1) is 16.9. The fourth-order valence-electron chi connectivity index (χ4n) is 1.71. The van der Waals surface area contributed by atoms with Crippen molar-refractivity contribution in [2.75, 3.05) is 18.5 Å². The third kappa shape index (κ3) is 6.06. The summed E-state index contributed by atoms with van der Waals surface area (Å²) in [6.07, 6.45) is -0.861. The van der Waals surface area contributed by atoms with Crippen LogP contribution in [-0.4, -0.2) is 35.5 Å². The van der Waals surface area contributed by atoms with Gasteiger partial charge in [0.1, 0.15) is 24.2 Å². The minimum atomic E-state index is -0.861. The molecule has 0 unspecified atom stereocenters. The van der Waals surface area contributed by atoms with E-state index in [4.69, 9.17) is 21.4 Å². The summed E-state index contributed by atoms with van der Waals surface area (Å²) in [6.45, 7) is 0.0590. The van der Waals surface area contributed by atoms with E-state index in [9.17, 15) is 9.90 Å². The number of hydrogen-bond acceptors (Lipinski definition) is 4. The van der Waals surface area contributed by atoms with Crippen LogP contribution in [-0.2, 0) is 0 Å². The second kappa shape index (κ2) is 8.26. The molecular weight excluding hydrogens is 320 g/mol. The Kier molecular flexibility index (Phi) is 6.08. The second-order valence-electron chi connectivity index (χ2n) is 4.80. The third-order valence-electron chi connectivity index (χ3n) is 2.88. The van der Waals surface area contributed by atoms with Gasteiger partial charge in [-0.3, -0.25) is 0 Å². The standard InChI is InChI=1S/C16H17ClN2O4/c17-11-1-3-12(4-2-11)19-16(22)18-9-14(21)10-23-15-7-5-13(20)6-8-15/h1-8,14,20-21H,9-10H2,(H2,18,19,22)/t14-/m0/s1. The van der Waals surface area contributed by atoms with Crippen LogP contribution < -0.4 is 15.4 Å². The predicted molar refractivity (Wildman–Crippen MR) is 88.1 cm³/mol. The molecular formula is C16H17ClN2O4. The number of rotatable bonds is 6. The number of halogens is 1. The maximum absolute atomic E-state index is 11.7. The smallest absolute Gasteiger partial charge is 0.319 e. The number of nitrogens with one attached hydrogen (secondary N) is 2. The van der Waals surface area contributed by atoms with Crippen molar-refractivity contribution in [2.45, 2.75) is 6.10 Å². The molecule has 2 amide bonds. The molecule has 4 N–H and O–H groups in total. The lowest BCUT2D eigenvalue weighted by molar-refractivity contribution is 0.108. The molecule has 0 aliphatic rings. The molecule has 2 aromatic carbocycles. The zero-order valence-corrected chi connectivity index (χ0v) is 13.0. The highest BCUT2D eigenvalue weighted by atomic mass is 35.5. The van der Waals surface area contributed by atoms with Gasteiger partial charge < -0.3 is 25.6 Å². The summed E-state index contributed by atoms with van der Waals surface area (Å²) in [5.74, 6) is 0.658. The monoisotopic (exact) mass is 336 g/mol. The lowest BCUT2D eigenvalue weighted by Crippen LogP contribution is -2.37. The summed E-state index contributed by atoms with van der Waals surface area (Å²) >= 11 is 5.76. The lowest BCUT2D eigenvalue weighted by atomic mass is 10.3. The molecule has 122 valence electrons. The maximum atomic E-state index is 11.7. The van der Waals surface area contributed by atoms with E-state index >= 15 is 0 Å². The summed E-state index contributed by atoms with van der Waals surface area (Å²) in [5, 5.41) is 24.7. The molecule has 6 nitrogen and oxygen atoms in total. The summed E-state index contributed by atoms with van der Waals surface area (Å²) in [6, 6.07) is 12.4. The number of carbonyl (C=O) groups excluding carboxylic acids is 1. The van der Waals surface area contributed by atoms with E-state index in [0.29, 0.717) is 16.5 Å². The van der Waals surface area contributed by atoms with Crippen LogP contribution in [0.1, 0.15) is 0 Å². The van der Waals surface area contributed by atoms with Crippen molar-refractivity contribution in [2.24, 2.45) is 0 Å². The molecule has 0 aliphatic heterocycles. The minimum absolute atomic E-state index is 0.0198. The Morgan fingerprint density at radius 2 is 1.78 bits per heavy atom. The number of aliphatic hydroxyl groups excluding tert-OH is 1. The number of urea groups is 1. The Balaban J connectivity index is 1.69. The zero-order chi connectivity index (χ0) is 16.7. The number of carbonyl (C=O) groups is 1. The summed E-state index contributed by atoms with van der Waals surface area (Å²) in [4.78, 5) is 11.7. The van der Waals surface area contributed by atoms with Crippen LogP contribution in [0, 0.1) is 0 Å². The number of benzene rings is 2. The van der Waals surface area contributed by atoms with Crippen molar-refractivity contribution in [3.05, 3.63) is 53.6 Å². The number of aliphatic hydroxyl groups is 1. The van der Waals surface area contributed by atoms with Gasteiger partial charge in [0.05, 0.1) is 0 Å². The molecule has 23 heavy (non-hydrogen) atoms. The van der Waals surface area contributed by atoms with Crippen LogP contribution in [0.5, 0.6) is 11.5 Å². The molecule has 0 spiro atoms. The predicted octanol–water partition coefficient (Wildman–Crippen LogP) is 2.61. The van der Waals surface area contributed by atoms with Gasteiger partial charge in [-0.25, -0.2) is 4.79 Å². The van der Waals surface area contributed by atoms with Gasteiger partial charge in [0.2, 0.25) is 0 Å². The lowest BCUT2D eigenvalue weighted by Gasteiger charge is -2.14. The molecule has 0 fully saturated rings.